The van der Waals surface area contributed by atoms with E-state index >= 15 is 0 Å². The van der Waals surface area contributed by atoms with E-state index in [0.29, 0.717) is 38.4 Å². The van der Waals surface area contributed by atoms with E-state index in [-0.39, 0.29) is 11.5 Å². The Balaban J connectivity index is 2.31. The Hall–Kier alpha value is -3.38. The molecule has 148 valence electrons. The Morgan fingerprint density at radius 1 is 1.10 bits per heavy atom. The largest absolute Gasteiger partial charge is 0.512 e. The standard InChI is InChI=1S/C22H19ClN2O4/c1-12(24)21(13(2)26)17-10-15-6-9-20(27)25(18(15)11-19(17)29-3)22(28)14-4-7-16(23)8-5-14/h4-11,24,26H,1-3H3/b21-13+,24-12?. The van der Waals surface area contributed by atoms with Crippen LogP contribution in [0.25, 0.3) is 16.5 Å². The minimum atomic E-state index is -0.496. The minimum Gasteiger partial charge on any atom is -0.512 e. The summed E-state index contributed by atoms with van der Waals surface area (Å²) in [5.41, 5.74) is 1.17. The van der Waals surface area contributed by atoms with Gasteiger partial charge in [0.2, 0.25) is 0 Å². The Morgan fingerprint density at radius 3 is 2.31 bits per heavy atom. The molecule has 0 fully saturated rings. The summed E-state index contributed by atoms with van der Waals surface area (Å²) in [6.45, 7) is 3.05. The van der Waals surface area contributed by atoms with Gasteiger partial charge in [-0.1, -0.05) is 11.6 Å². The van der Waals surface area contributed by atoms with E-state index in [1.54, 1.807) is 49.4 Å². The number of nitrogens with zero attached hydrogens (tertiary/aromatic N) is 1. The predicted molar refractivity (Wildman–Crippen MR) is 115 cm³/mol. The maximum Gasteiger partial charge on any atom is 0.265 e. The molecule has 1 aromatic heterocycles. The van der Waals surface area contributed by atoms with Crippen LogP contribution in [0.1, 0.15) is 29.8 Å². The lowest BCUT2D eigenvalue weighted by atomic mass is 9.97. The lowest BCUT2D eigenvalue weighted by molar-refractivity contribution is 0.0961. The topological polar surface area (TPSA) is 92.4 Å². The zero-order valence-electron chi connectivity index (χ0n) is 16.1. The van der Waals surface area contributed by atoms with E-state index in [1.807, 2.05) is 0 Å². The number of nitrogens with one attached hydrogen (secondary N) is 1. The van der Waals surface area contributed by atoms with Crippen LogP contribution in [0.4, 0.5) is 0 Å². The smallest absolute Gasteiger partial charge is 0.265 e. The number of benzene rings is 2. The van der Waals surface area contributed by atoms with Crippen molar-refractivity contribution in [2.75, 3.05) is 7.11 Å². The number of rotatable bonds is 4. The van der Waals surface area contributed by atoms with Crippen LogP contribution in [0.5, 0.6) is 5.75 Å². The fourth-order valence-corrected chi connectivity index (χ4v) is 3.36. The van der Waals surface area contributed by atoms with E-state index in [2.05, 4.69) is 0 Å². The van der Waals surface area contributed by atoms with Crippen LogP contribution < -0.4 is 10.3 Å². The Morgan fingerprint density at radius 2 is 1.76 bits per heavy atom. The van der Waals surface area contributed by atoms with Gasteiger partial charge in [-0.2, -0.15) is 0 Å². The summed E-state index contributed by atoms with van der Waals surface area (Å²) in [6.07, 6.45) is 0. The summed E-state index contributed by atoms with van der Waals surface area (Å²) in [4.78, 5) is 25.6. The highest BCUT2D eigenvalue weighted by atomic mass is 35.5. The number of hydrogen-bond donors (Lipinski definition) is 2. The Labute approximate surface area is 172 Å². The molecule has 0 bridgehead atoms. The molecule has 0 spiro atoms. The maximum atomic E-state index is 13.0. The molecule has 29 heavy (non-hydrogen) atoms. The first-order valence-electron chi connectivity index (χ1n) is 8.74. The van der Waals surface area contributed by atoms with Crippen molar-refractivity contribution in [2.24, 2.45) is 0 Å². The van der Waals surface area contributed by atoms with Crippen molar-refractivity contribution in [3.63, 3.8) is 0 Å². The normalized spacial score (nSPS) is 11.9. The number of hydrogen-bond acceptors (Lipinski definition) is 5. The second-order valence-corrected chi connectivity index (χ2v) is 6.95. The molecule has 7 heteroatoms. The maximum absolute atomic E-state index is 13.0. The lowest BCUT2D eigenvalue weighted by Gasteiger charge is -2.16. The average molecular weight is 411 g/mol. The quantitative estimate of drug-likeness (QED) is 0.482. The number of methoxy groups -OCH3 is 1. The van der Waals surface area contributed by atoms with Gasteiger partial charge in [0.15, 0.2) is 0 Å². The van der Waals surface area contributed by atoms with Crippen molar-refractivity contribution in [3.8, 4) is 5.75 Å². The van der Waals surface area contributed by atoms with Gasteiger partial charge in [-0.25, -0.2) is 4.57 Å². The van der Waals surface area contributed by atoms with Gasteiger partial charge in [0.1, 0.15) is 5.75 Å². The third-order valence-corrected chi connectivity index (χ3v) is 4.77. The van der Waals surface area contributed by atoms with Gasteiger partial charge in [0, 0.05) is 39.6 Å². The molecule has 3 aromatic rings. The van der Waals surface area contributed by atoms with E-state index in [9.17, 15) is 14.7 Å². The van der Waals surface area contributed by atoms with E-state index < -0.39 is 11.5 Å². The van der Waals surface area contributed by atoms with Crippen molar-refractivity contribution >= 4 is 39.7 Å². The van der Waals surface area contributed by atoms with Gasteiger partial charge in [0.05, 0.1) is 18.4 Å². The first-order chi connectivity index (χ1) is 13.7. The SMILES string of the molecule is COc1cc2c(ccc(=O)n2C(=O)c2ccc(Cl)cc2)cc1/C(C(C)=N)=C(\C)O. The van der Waals surface area contributed by atoms with Crippen LogP contribution in [0, 0.1) is 5.41 Å². The number of fused-ring (bicyclic) bond motifs is 1. The molecular formula is C22H19ClN2O4. The number of aliphatic hydroxyl groups excluding tert-OH is 1. The van der Waals surface area contributed by atoms with Crippen LogP contribution in [0.2, 0.25) is 5.02 Å². The van der Waals surface area contributed by atoms with Crippen molar-refractivity contribution in [2.45, 2.75) is 13.8 Å². The summed E-state index contributed by atoms with van der Waals surface area (Å²) in [5.74, 6) is -0.194. The third-order valence-electron chi connectivity index (χ3n) is 4.52. The second-order valence-electron chi connectivity index (χ2n) is 6.52. The van der Waals surface area contributed by atoms with Crippen molar-refractivity contribution in [1.29, 1.82) is 5.41 Å². The highest BCUT2D eigenvalue weighted by molar-refractivity contribution is 6.30. The number of aliphatic hydroxyl groups is 1. The van der Waals surface area contributed by atoms with Gasteiger partial charge in [-0.15, -0.1) is 0 Å². The van der Waals surface area contributed by atoms with Crippen LogP contribution in [0.3, 0.4) is 0 Å². The molecule has 0 aliphatic rings. The highest BCUT2D eigenvalue weighted by Gasteiger charge is 2.19. The molecular weight excluding hydrogens is 392 g/mol. The van der Waals surface area contributed by atoms with Crippen LogP contribution in [-0.4, -0.2) is 28.4 Å². The summed E-state index contributed by atoms with van der Waals surface area (Å²) < 4.78 is 6.51. The molecule has 6 nitrogen and oxygen atoms in total. The fourth-order valence-electron chi connectivity index (χ4n) is 3.23. The minimum absolute atomic E-state index is 0.0271. The molecule has 1 heterocycles. The van der Waals surface area contributed by atoms with Gasteiger partial charge in [0.25, 0.3) is 11.5 Å². The third kappa shape index (κ3) is 3.79. The number of pyridine rings is 1. The number of halogens is 1. The summed E-state index contributed by atoms with van der Waals surface area (Å²) in [5, 5.41) is 19.1. The fraction of sp³-hybridized carbons (Fsp3) is 0.136. The number of allylic oxidation sites excluding steroid dienone is 2. The number of ether oxygens (including phenoxy) is 1. The average Bonchev–Trinajstić information content (AvgIpc) is 2.67. The molecule has 0 unspecified atom stereocenters. The van der Waals surface area contributed by atoms with Gasteiger partial charge in [-0.3, -0.25) is 9.59 Å². The van der Waals surface area contributed by atoms with Gasteiger partial charge in [-0.05, 0) is 55.6 Å². The molecule has 2 aromatic carbocycles. The predicted octanol–water partition coefficient (Wildman–Crippen LogP) is 4.68. The zero-order valence-corrected chi connectivity index (χ0v) is 16.9. The monoisotopic (exact) mass is 410 g/mol. The highest BCUT2D eigenvalue weighted by Crippen LogP contribution is 2.33. The first kappa shape index (κ1) is 20.4. The molecule has 0 saturated heterocycles. The molecule has 0 saturated carbocycles. The summed E-state index contributed by atoms with van der Waals surface area (Å²) >= 11 is 5.89. The van der Waals surface area contributed by atoms with Crippen molar-refractivity contribution in [1.82, 2.24) is 4.57 Å². The lowest BCUT2D eigenvalue weighted by Crippen LogP contribution is -2.27. The number of carbonyl (C=O) groups excluding carboxylic acids is 1. The molecule has 3 rings (SSSR count). The Bertz CT molecular complexity index is 1220. The van der Waals surface area contributed by atoms with Gasteiger partial charge >= 0.3 is 0 Å². The van der Waals surface area contributed by atoms with E-state index in [4.69, 9.17) is 21.7 Å². The van der Waals surface area contributed by atoms with Crippen molar-refractivity contribution < 1.29 is 14.6 Å². The summed E-state index contributed by atoms with van der Waals surface area (Å²) in [7, 11) is 1.45. The number of aromatic nitrogens is 1. The Kier molecular flexibility index (Phi) is 5.57. The van der Waals surface area contributed by atoms with E-state index in [0.717, 1.165) is 4.57 Å². The molecule has 0 aliphatic heterocycles. The zero-order chi connectivity index (χ0) is 21.3. The summed E-state index contributed by atoms with van der Waals surface area (Å²) in [6, 6.07) is 12.4. The van der Waals surface area contributed by atoms with Crippen LogP contribution >= 0.6 is 11.6 Å². The molecule has 0 atom stereocenters. The molecule has 0 aliphatic carbocycles. The number of carbonyl (C=O) groups is 1. The molecule has 0 amide bonds. The van der Waals surface area contributed by atoms with Crippen LogP contribution in [0.15, 0.2) is 59.1 Å². The van der Waals surface area contributed by atoms with Gasteiger partial charge < -0.3 is 15.3 Å². The van der Waals surface area contributed by atoms with E-state index in [1.165, 1.54) is 20.1 Å². The second kappa shape index (κ2) is 7.93. The van der Waals surface area contributed by atoms with Crippen molar-refractivity contribution in [3.05, 3.63) is 80.8 Å². The molecule has 0 radical (unpaired) electrons. The first-order valence-corrected chi connectivity index (χ1v) is 9.12. The molecule has 2 N–H and O–H groups in total. The van der Waals surface area contributed by atoms with Crippen LogP contribution in [-0.2, 0) is 0 Å².